The van der Waals surface area contributed by atoms with Crippen molar-refractivity contribution >= 4 is 0 Å². The molecule has 0 radical (unpaired) electrons. The van der Waals surface area contributed by atoms with Gasteiger partial charge in [0.15, 0.2) is 0 Å². The summed E-state index contributed by atoms with van der Waals surface area (Å²) in [5, 5.41) is 0. The third kappa shape index (κ3) is 3.51. The zero-order valence-electron chi connectivity index (χ0n) is 9.05. The van der Waals surface area contributed by atoms with Crippen LogP contribution < -0.4 is 5.73 Å². The van der Waals surface area contributed by atoms with Gasteiger partial charge in [-0.2, -0.15) is 0 Å². The normalized spacial score (nSPS) is 28.0. The van der Waals surface area contributed by atoms with Crippen molar-refractivity contribution in [1.82, 2.24) is 0 Å². The molecule has 0 amide bonds. The molecule has 1 fully saturated rings. The van der Waals surface area contributed by atoms with E-state index in [4.69, 9.17) is 5.73 Å². The zero-order chi connectivity index (χ0) is 9.68. The Bertz CT molecular complexity index is 170. The molecule has 1 aliphatic carbocycles. The van der Waals surface area contributed by atoms with Crippen molar-refractivity contribution in [2.75, 3.05) is 6.54 Å². The highest BCUT2D eigenvalue weighted by molar-refractivity contribution is 5.04. The van der Waals surface area contributed by atoms with Crippen molar-refractivity contribution in [3.05, 3.63) is 11.6 Å². The fourth-order valence-corrected chi connectivity index (χ4v) is 2.27. The second-order valence-corrected chi connectivity index (χ2v) is 4.53. The lowest BCUT2D eigenvalue weighted by Gasteiger charge is -2.17. The minimum absolute atomic E-state index is 0.724. The number of nitrogens with two attached hydrogens (primary N) is 1. The molecule has 0 aromatic rings. The Kier molecular flexibility index (Phi) is 4.51. The van der Waals surface area contributed by atoms with E-state index in [0.29, 0.717) is 0 Å². The minimum Gasteiger partial charge on any atom is -0.327 e. The molecule has 0 spiro atoms. The van der Waals surface area contributed by atoms with Crippen molar-refractivity contribution in [3.8, 4) is 0 Å². The Morgan fingerprint density at radius 3 is 2.77 bits per heavy atom. The maximum Gasteiger partial charge on any atom is 0.0109 e. The number of hydrogen-bond donors (Lipinski definition) is 1. The van der Waals surface area contributed by atoms with Gasteiger partial charge in [-0.05, 0) is 43.9 Å². The van der Waals surface area contributed by atoms with E-state index in [-0.39, 0.29) is 0 Å². The first-order chi connectivity index (χ1) is 6.24. The molecule has 13 heavy (non-hydrogen) atoms. The van der Waals surface area contributed by atoms with Crippen LogP contribution in [0.4, 0.5) is 0 Å². The van der Waals surface area contributed by atoms with E-state index in [2.05, 4.69) is 19.9 Å². The smallest absolute Gasteiger partial charge is 0.0109 e. The quantitative estimate of drug-likeness (QED) is 0.514. The average Bonchev–Trinajstić information content (AvgIpc) is 2.30. The topological polar surface area (TPSA) is 26.0 Å². The standard InChI is InChI=1S/C12H23N/c1-10(2)12-5-3-4-11(6-7-12)8-9-13/h8,10,12H,3-7,9,13H2,1-2H3/b11-8+. The molecule has 1 atom stereocenters. The van der Waals surface area contributed by atoms with Gasteiger partial charge in [0.25, 0.3) is 0 Å². The van der Waals surface area contributed by atoms with E-state index in [1.165, 1.54) is 32.1 Å². The maximum absolute atomic E-state index is 5.53. The van der Waals surface area contributed by atoms with Crippen LogP contribution in [0.5, 0.6) is 0 Å². The molecule has 0 heterocycles. The molecule has 1 unspecified atom stereocenters. The molecule has 0 aromatic heterocycles. The van der Waals surface area contributed by atoms with Crippen molar-refractivity contribution < 1.29 is 0 Å². The Hall–Kier alpha value is -0.300. The second kappa shape index (κ2) is 5.43. The third-order valence-corrected chi connectivity index (χ3v) is 3.26. The SMILES string of the molecule is CC(C)C1CCC/C(=C\CN)CC1. The first-order valence-electron chi connectivity index (χ1n) is 5.62. The van der Waals surface area contributed by atoms with Gasteiger partial charge in [-0.1, -0.05) is 25.5 Å². The number of rotatable bonds is 2. The van der Waals surface area contributed by atoms with E-state index in [0.717, 1.165) is 18.4 Å². The summed E-state index contributed by atoms with van der Waals surface area (Å²) < 4.78 is 0. The molecule has 1 rings (SSSR count). The molecule has 1 nitrogen and oxygen atoms in total. The van der Waals surface area contributed by atoms with Crippen molar-refractivity contribution in [2.24, 2.45) is 17.6 Å². The van der Waals surface area contributed by atoms with Crippen LogP contribution in [0.2, 0.25) is 0 Å². The van der Waals surface area contributed by atoms with Crippen LogP contribution in [0.1, 0.15) is 46.0 Å². The van der Waals surface area contributed by atoms with Gasteiger partial charge in [0.05, 0.1) is 0 Å². The zero-order valence-corrected chi connectivity index (χ0v) is 9.05. The Morgan fingerprint density at radius 1 is 1.38 bits per heavy atom. The lowest BCUT2D eigenvalue weighted by atomic mass is 9.89. The number of allylic oxidation sites excluding steroid dienone is 1. The summed E-state index contributed by atoms with van der Waals surface area (Å²) in [6.07, 6.45) is 8.97. The van der Waals surface area contributed by atoms with Gasteiger partial charge in [0.1, 0.15) is 0 Å². The van der Waals surface area contributed by atoms with E-state index in [9.17, 15) is 0 Å². The molecule has 1 aliphatic rings. The molecule has 0 saturated heterocycles. The predicted molar refractivity (Wildman–Crippen MR) is 58.6 cm³/mol. The Morgan fingerprint density at radius 2 is 2.15 bits per heavy atom. The van der Waals surface area contributed by atoms with Crippen LogP contribution in [0.15, 0.2) is 11.6 Å². The van der Waals surface area contributed by atoms with E-state index >= 15 is 0 Å². The first-order valence-corrected chi connectivity index (χ1v) is 5.62. The third-order valence-electron chi connectivity index (χ3n) is 3.26. The highest BCUT2D eigenvalue weighted by Gasteiger charge is 2.16. The molecular weight excluding hydrogens is 158 g/mol. The summed E-state index contributed by atoms with van der Waals surface area (Å²) >= 11 is 0. The summed E-state index contributed by atoms with van der Waals surface area (Å²) in [7, 11) is 0. The van der Waals surface area contributed by atoms with Crippen LogP contribution in [0.25, 0.3) is 0 Å². The largest absolute Gasteiger partial charge is 0.327 e. The second-order valence-electron chi connectivity index (χ2n) is 4.53. The monoisotopic (exact) mass is 181 g/mol. The maximum atomic E-state index is 5.53. The summed E-state index contributed by atoms with van der Waals surface area (Å²) in [4.78, 5) is 0. The van der Waals surface area contributed by atoms with Crippen molar-refractivity contribution in [2.45, 2.75) is 46.0 Å². The highest BCUT2D eigenvalue weighted by atomic mass is 14.5. The van der Waals surface area contributed by atoms with Gasteiger partial charge >= 0.3 is 0 Å². The van der Waals surface area contributed by atoms with Gasteiger partial charge < -0.3 is 5.73 Å². The molecule has 76 valence electrons. The lowest BCUT2D eigenvalue weighted by molar-refractivity contribution is 0.344. The Balaban J connectivity index is 2.44. The average molecular weight is 181 g/mol. The Labute approximate surface area is 82.4 Å². The van der Waals surface area contributed by atoms with E-state index in [1.54, 1.807) is 5.57 Å². The molecule has 0 aliphatic heterocycles. The minimum atomic E-state index is 0.724. The first kappa shape index (κ1) is 10.8. The summed E-state index contributed by atoms with van der Waals surface area (Å²) in [6, 6.07) is 0. The molecule has 1 heteroatoms. The molecule has 1 saturated carbocycles. The van der Waals surface area contributed by atoms with Gasteiger partial charge in [-0.25, -0.2) is 0 Å². The van der Waals surface area contributed by atoms with E-state index < -0.39 is 0 Å². The van der Waals surface area contributed by atoms with Crippen LogP contribution in [0.3, 0.4) is 0 Å². The molecular formula is C12H23N. The van der Waals surface area contributed by atoms with Gasteiger partial charge in [-0.15, -0.1) is 0 Å². The van der Waals surface area contributed by atoms with Crippen molar-refractivity contribution in [3.63, 3.8) is 0 Å². The fraction of sp³-hybridized carbons (Fsp3) is 0.833. The fourth-order valence-electron chi connectivity index (χ4n) is 2.27. The van der Waals surface area contributed by atoms with Crippen LogP contribution in [-0.2, 0) is 0 Å². The molecule has 2 N–H and O–H groups in total. The lowest BCUT2D eigenvalue weighted by Crippen LogP contribution is -2.06. The number of hydrogen-bond acceptors (Lipinski definition) is 1. The van der Waals surface area contributed by atoms with Crippen molar-refractivity contribution in [1.29, 1.82) is 0 Å². The molecule has 0 bridgehead atoms. The summed E-state index contributed by atoms with van der Waals surface area (Å²) in [5.41, 5.74) is 7.13. The van der Waals surface area contributed by atoms with Gasteiger partial charge in [0, 0.05) is 6.54 Å². The van der Waals surface area contributed by atoms with Crippen LogP contribution in [0, 0.1) is 11.8 Å². The highest BCUT2D eigenvalue weighted by Crippen LogP contribution is 2.30. The van der Waals surface area contributed by atoms with E-state index in [1.807, 2.05) is 0 Å². The van der Waals surface area contributed by atoms with Crippen LogP contribution in [-0.4, -0.2) is 6.54 Å². The van der Waals surface area contributed by atoms with Gasteiger partial charge in [-0.3, -0.25) is 0 Å². The molecule has 0 aromatic carbocycles. The summed E-state index contributed by atoms with van der Waals surface area (Å²) in [6.45, 7) is 5.42. The van der Waals surface area contributed by atoms with Gasteiger partial charge in [0.2, 0.25) is 0 Å². The summed E-state index contributed by atoms with van der Waals surface area (Å²) in [5.74, 6) is 1.81. The van der Waals surface area contributed by atoms with Crippen LogP contribution >= 0.6 is 0 Å². The predicted octanol–water partition coefficient (Wildman–Crippen LogP) is 3.11.